The van der Waals surface area contributed by atoms with Gasteiger partial charge in [-0.3, -0.25) is 0 Å². The van der Waals surface area contributed by atoms with Crippen LogP contribution in [0.2, 0.25) is 5.02 Å². The minimum Gasteiger partial charge on any atom is -0.478 e. The summed E-state index contributed by atoms with van der Waals surface area (Å²) in [5.74, 6) is -1.14. The predicted octanol–water partition coefficient (Wildman–Crippen LogP) is 2.58. The van der Waals surface area contributed by atoms with Gasteiger partial charge in [-0.05, 0) is 32.0 Å². The van der Waals surface area contributed by atoms with E-state index in [0.29, 0.717) is 18.2 Å². The molecule has 20 heavy (non-hydrogen) atoms. The van der Waals surface area contributed by atoms with Crippen molar-refractivity contribution in [3.63, 3.8) is 0 Å². The first-order valence-corrected chi connectivity index (χ1v) is 6.47. The Morgan fingerprint density at radius 1 is 1.40 bits per heavy atom. The maximum atomic E-state index is 11.6. The number of carbonyl (C=O) groups is 2. The first-order chi connectivity index (χ1) is 9.40. The number of carboxylic acids is 1. The summed E-state index contributed by atoms with van der Waals surface area (Å²) in [6.45, 7) is 4.50. The molecule has 0 saturated heterocycles. The van der Waals surface area contributed by atoms with Crippen LogP contribution >= 0.6 is 11.6 Å². The topological polar surface area (TPSA) is 87.7 Å². The molecular weight excluding hydrogens is 284 g/mol. The number of anilines is 1. The number of rotatable bonds is 6. The third kappa shape index (κ3) is 5.46. The van der Waals surface area contributed by atoms with Crippen molar-refractivity contribution in [2.45, 2.75) is 20.0 Å². The van der Waals surface area contributed by atoms with Gasteiger partial charge in [0.05, 0.1) is 24.0 Å². The van der Waals surface area contributed by atoms with Gasteiger partial charge in [0.25, 0.3) is 0 Å². The van der Waals surface area contributed by atoms with E-state index < -0.39 is 12.0 Å². The minimum absolute atomic E-state index is 0.0250. The fourth-order valence-corrected chi connectivity index (χ4v) is 1.60. The summed E-state index contributed by atoms with van der Waals surface area (Å²) in [6, 6.07) is 3.66. The molecule has 0 aromatic heterocycles. The summed E-state index contributed by atoms with van der Waals surface area (Å²) in [4.78, 5) is 22.6. The highest BCUT2D eigenvalue weighted by molar-refractivity contribution is 6.31. The van der Waals surface area contributed by atoms with E-state index in [4.69, 9.17) is 21.4 Å². The fourth-order valence-electron chi connectivity index (χ4n) is 1.43. The van der Waals surface area contributed by atoms with Gasteiger partial charge in [-0.2, -0.15) is 0 Å². The van der Waals surface area contributed by atoms with Gasteiger partial charge >= 0.3 is 12.0 Å². The number of ether oxygens (including phenoxy) is 1. The molecule has 0 saturated carbocycles. The maximum absolute atomic E-state index is 11.6. The van der Waals surface area contributed by atoms with Gasteiger partial charge < -0.3 is 20.5 Å². The second-order valence-corrected chi connectivity index (χ2v) is 4.73. The summed E-state index contributed by atoms with van der Waals surface area (Å²) in [5, 5.41) is 14.4. The van der Waals surface area contributed by atoms with Gasteiger partial charge in [0.2, 0.25) is 0 Å². The molecule has 0 radical (unpaired) electrons. The lowest BCUT2D eigenvalue weighted by molar-refractivity contribution is 0.0698. The number of halogens is 1. The number of benzene rings is 1. The normalized spacial score (nSPS) is 10.4. The van der Waals surface area contributed by atoms with Crippen molar-refractivity contribution in [3.8, 4) is 0 Å². The Morgan fingerprint density at radius 2 is 2.10 bits per heavy atom. The summed E-state index contributed by atoms with van der Waals surface area (Å²) in [7, 11) is 0. The molecule has 1 aromatic carbocycles. The molecule has 0 bridgehead atoms. The summed E-state index contributed by atoms with van der Waals surface area (Å²) in [6.07, 6.45) is 0.0893. The highest BCUT2D eigenvalue weighted by Gasteiger charge is 2.12. The van der Waals surface area contributed by atoms with Crippen LogP contribution in [0.3, 0.4) is 0 Å². The Hall–Kier alpha value is -1.79. The van der Waals surface area contributed by atoms with E-state index in [1.165, 1.54) is 18.2 Å². The Morgan fingerprint density at radius 3 is 2.70 bits per heavy atom. The third-order valence-corrected chi connectivity index (χ3v) is 2.53. The van der Waals surface area contributed by atoms with Gasteiger partial charge in [0.15, 0.2) is 0 Å². The molecule has 0 atom stereocenters. The number of amides is 2. The first kappa shape index (κ1) is 16.3. The average Bonchev–Trinajstić information content (AvgIpc) is 2.34. The van der Waals surface area contributed by atoms with Crippen LogP contribution in [0.15, 0.2) is 18.2 Å². The molecule has 6 nitrogen and oxygen atoms in total. The van der Waals surface area contributed by atoms with Gasteiger partial charge in [-0.25, -0.2) is 9.59 Å². The number of hydrogen-bond acceptors (Lipinski definition) is 3. The van der Waals surface area contributed by atoms with Gasteiger partial charge in [0, 0.05) is 11.6 Å². The van der Waals surface area contributed by atoms with E-state index in [0.717, 1.165) is 0 Å². The SMILES string of the molecule is CC(C)OCCNC(=O)Nc1cc(Cl)ccc1C(=O)O. The molecule has 7 heteroatoms. The van der Waals surface area contributed by atoms with E-state index in [2.05, 4.69) is 10.6 Å². The standard InChI is InChI=1S/C13H17ClN2O4/c1-8(2)20-6-5-15-13(19)16-11-7-9(14)3-4-10(11)12(17)18/h3-4,7-8H,5-6H2,1-2H3,(H,17,18)(H2,15,16,19). The first-order valence-electron chi connectivity index (χ1n) is 6.09. The van der Waals surface area contributed by atoms with Crippen LogP contribution in [0, 0.1) is 0 Å². The van der Waals surface area contributed by atoms with Crippen LogP contribution in [0.4, 0.5) is 10.5 Å². The molecule has 0 fully saturated rings. The largest absolute Gasteiger partial charge is 0.478 e. The van der Waals surface area contributed by atoms with Crippen molar-refractivity contribution in [3.05, 3.63) is 28.8 Å². The van der Waals surface area contributed by atoms with Gasteiger partial charge in [-0.1, -0.05) is 11.6 Å². The monoisotopic (exact) mass is 300 g/mol. The van der Waals surface area contributed by atoms with E-state index in [-0.39, 0.29) is 17.4 Å². The molecule has 1 rings (SSSR count). The number of aromatic carboxylic acids is 1. The summed E-state index contributed by atoms with van der Waals surface area (Å²) >= 11 is 5.78. The molecule has 0 aliphatic heterocycles. The van der Waals surface area contributed by atoms with E-state index in [1.54, 1.807) is 0 Å². The molecule has 2 amide bonds. The van der Waals surface area contributed by atoms with Crippen molar-refractivity contribution in [1.82, 2.24) is 5.32 Å². The number of nitrogens with one attached hydrogen (secondary N) is 2. The second kappa shape index (κ2) is 7.72. The van der Waals surface area contributed by atoms with Crippen molar-refractivity contribution >= 4 is 29.3 Å². The Bertz CT molecular complexity index is 491. The van der Waals surface area contributed by atoms with Gasteiger partial charge in [-0.15, -0.1) is 0 Å². The number of urea groups is 1. The van der Waals surface area contributed by atoms with Crippen molar-refractivity contribution in [2.24, 2.45) is 0 Å². The average molecular weight is 301 g/mol. The zero-order valence-corrected chi connectivity index (χ0v) is 12.0. The quantitative estimate of drug-likeness (QED) is 0.705. The molecule has 3 N–H and O–H groups in total. The van der Waals surface area contributed by atoms with Crippen LogP contribution in [0.25, 0.3) is 0 Å². The van der Waals surface area contributed by atoms with E-state index >= 15 is 0 Å². The highest BCUT2D eigenvalue weighted by Crippen LogP contribution is 2.21. The Labute approximate surface area is 122 Å². The smallest absolute Gasteiger partial charge is 0.337 e. The van der Waals surface area contributed by atoms with Crippen LogP contribution in [-0.2, 0) is 4.74 Å². The zero-order chi connectivity index (χ0) is 15.1. The lowest BCUT2D eigenvalue weighted by atomic mass is 10.2. The highest BCUT2D eigenvalue weighted by atomic mass is 35.5. The number of carboxylic acid groups (broad SMARTS) is 1. The van der Waals surface area contributed by atoms with Crippen molar-refractivity contribution < 1.29 is 19.4 Å². The summed E-state index contributed by atoms with van der Waals surface area (Å²) < 4.78 is 5.27. The van der Waals surface area contributed by atoms with Crippen LogP contribution in [0.1, 0.15) is 24.2 Å². The van der Waals surface area contributed by atoms with Crippen LogP contribution in [-0.4, -0.2) is 36.4 Å². The Balaban J connectivity index is 2.57. The number of hydrogen-bond donors (Lipinski definition) is 3. The summed E-state index contributed by atoms with van der Waals surface area (Å²) in [5.41, 5.74) is 0.121. The molecule has 0 unspecified atom stereocenters. The lowest BCUT2D eigenvalue weighted by Gasteiger charge is -2.11. The second-order valence-electron chi connectivity index (χ2n) is 4.30. The van der Waals surface area contributed by atoms with Crippen LogP contribution < -0.4 is 10.6 Å². The lowest BCUT2D eigenvalue weighted by Crippen LogP contribution is -2.32. The molecule has 0 aliphatic carbocycles. The Kier molecular flexibility index (Phi) is 6.27. The molecular formula is C13H17ClN2O4. The van der Waals surface area contributed by atoms with E-state index in [1.807, 2.05) is 13.8 Å². The molecule has 0 aliphatic rings. The van der Waals surface area contributed by atoms with Crippen LogP contribution in [0.5, 0.6) is 0 Å². The van der Waals surface area contributed by atoms with Crippen molar-refractivity contribution in [1.29, 1.82) is 0 Å². The molecule has 1 aromatic rings. The van der Waals surface area contributed by atoms with E-state index in [9.17, 15) is 9.59 Å². The predicted molar refractivity (Wildman–Crippen MR) is 76.5 cm³/mol. The minimum atomic E-state index is -1.14. The fraction of sp³-hybridized carbons (Fsp3) is 0.385. The zero-order valence-electron chi connectivity index (χ0n) is 11.3. The van der Waals surface area contributed by atoms with Gasteiger partial charge in [0.1, 0.15) is 0 Å². The number of carbonyl (C=O) groups excluding carboxylic acids is 1. The van der Waals surface area contributed by atoms with Crippen molar-refractivity contribution in [2.75, 3.05) is 18.5 Å². The maximum Gasteiger partial charge on any atom is 0.337 e. The third-order valence-electron chi connectivity index (χ3n) is 2.30. The molecule has 0 heterocycles. The molecule has 0 spiro atoms. The molecule has 110 valence electrons.